The van der Waals surface area contributed by atoms with Crippen LogP contribution in [0.2, 0.25) is 0 Å². The Morgan fingerprint density at radius 2 is 2.28 bits per heavy atom. The van der Waals surface area contributed by atoms with Crippen molar-refractivity contribution in [3.63, 3.8) is 0 Å². The van der Waals surface area contributed by atoms with Gasteiger partial charge in [0.25, 0.3) is 5.91 Å². The Balaban J connectivity index is 2.48. The Bertz CT molecular complexity index is 578. The summed E-state index contributed by atoms with van der Waals surface area (Å²) in [6, 6.07) is 1.94. The number of hydrogen-bond donors (Lipinski definition) is 1. The molecule has 6 heteroatoms. The lowest BCUT2D eigenvalue weighted by atomic mass is 10.2. The number of rotatable bonds is 3. The van der Waals surface area contributed by atoms with Gasteiger partial charge < -0.3 is 10.6 Å². The Morgan fingerprint density at radius 3 is 2.83 bits per heavy atom. The van der Waals surface area contributed by atoms with Crippen molar-refractivity contribution < 1.29 is 4.79 Å². The predicted octanol–water partition coefficient (Wildman–Crippen LogP) is 2.14. The number of anilines is 1. The number of amides is 1. The third-order valence-electron chi connectivity index (χ3n) is 2.84. The molecule has 0 spiro atoms. The fraction of sp³-hybridized carbons (Fsp3) is 0.417. The van der Waals surface area contributed by atoms with Gasteiger partial charge in [-0.15, -0.1) is 16.4 Å². The Kier molecular flexibility index (Phi) is 3.47. The minimum absolute atomic E-state index is 0.0343. The topological polar surface area (TPSA) is 72.1 Å². The quantitative estimate of drug-likeness (QED) is 0.922. The first-order valence-electron chi connectivity index (χ1n) is 5.86. The van der Waals surface area contributed by atoms with Gasteiger partial charge in [0.2, 0.25) is 0 Å². The number of carbonyl (C=O) groups excluding carboxylic acids is 1. The molecule has 0 aliphatic carbocycles. The minimum Gasteiger partial charge on any atom is -0.397 e. The van der Waals surface area contributed by atoms with Crippen LogP contribution in [0.1, 0.15) is 30.4 Å². The summed E-state index contributed by atoms with van der Waals surface area (Å²) in [7, 11) is 0. The number of nitrogens with zero attached hydrogens (tertiary/aromatic N) is 3. The zero-order chi connectivity index (χ0) is 13.3. The van der Waals surface area contributed by atoms with Crippen molar-refractivity contribution in [2.24, 2.45) is 0 Å². The normalized spacial score (nSPS) is 11.1. The molecule has 5 nitrogen and oxygen atoms in total. The number of nitrogens with two attached hydrogens (primary N) is 1. The smallest absolute Gasteiger partial charge is 0.266 e. The third-order valence-corrected chi connectivity index (χ3v) is 3.93. The fourth-order valence-corrected chi connectivity index (χ4v) is 2.90. The van der Waals surface area contributed by atoms with Crippen LogP contribution in [-0.4, -0.2) is 33.6 Å². The molecule has 0 radical (unpaired) electrons. The minimum atomic E-state index is -0.0343. The number of carbonyl (C=O) groups is 1. The van der Waals surface area contributed by atoms with Crippen LogP contribution >= 0.6 is 11.3 Å². The van der Waals surface area contributed by atoms with Gasteiger partial charge in [0.15, 0.2) is 0 Å². The summed E-state index contributed by atoms with van der Waals surface area (Å²) in [5.74, 6) is -0.0343. The molecule has 0 bridgehead atoms. The summed E-state index contributed by atoms with van der Waals surface area (Å²) in [5, 5.41) is 8.60. The molecular weight excluding hydrogens is 248 g/mol. The van der Waals surface area contributed by atoms with E-state index < -0.39 is 0 Å². The molecule has 0 aliphatic rings. The van der Waals surface area contributed by atoms with Crippen LogP contribution < -0.4 is 5.73 Å². The number of fused-ring (bicyclic) bond motifs is 1. The van der Waals surface area contributed by atoms with Crippen molar-refractivity contribution >= 4 is 33.1 Å². The average Bonchev–Trinajstić information content (AvgIpc) is 2.68. The summed E-state index contributed by atoms with van der Waals surface area (Å²) < 4.78 is 0. The second-order valence-electron chi connectivity index (χ2n) is 4.28. The highest BCUT2D eigenvalue weighted by atomic mass is 32.1. The molecule has 0 aliphatic heterocycles. The SMILES string of the molecule is CCN(C(=O)c1sc2nnccc2c1N)C(C)C. The van der Waals surface area contributed by atoms with Crippen LogP contribution in [0.5, 0.6) is 0 Å². The zero-order valence-electron chi connectivity index (χ0n) is 10.7. The first-order chi connectivity index (χ1) is 8.56. The molecule has 0 aromatic carbocycles. The maximum atomic E-state index is 12.4. The van der Waals surface area contributed by atoms with E-state index in [-0.39, 0.29) is 11.9 Å². The molecular formula is C12H16N4OS. The molecule has 18 heavy (non-hydrogen) atoms. The van der Waals surface area contributed by atoms with E-state index in [9.17, 15) is 4.79 Å². The van der Waals surface area contributed by atoms with Crippen molar-refractivity contribution in [1.29, 1.82) is 0 Å². The molecule has 2 N–H and O–H groups in total. The van der Waals surface area contributed by atoms with Crippen LogP contribution in [0, 0.1) is 0 Å². The fourth-order valence-electron chi connectivity index (χ4n) is 1.91. The highest BCUT2D eigenvalue weighted by molar-refractivity contribution is 7.21. The molecule has 0 atom stereocenters. The average molecular weight is 264 g/mol. The van der Waals surface area contributed by atoms with Gasteiger partial charge >= 0.3 is 0 Å². The second kappa shape index (κ2) is 4.89. The highest BCUT2D eigenvalue weighted by Gasteiger charge is 2.23. The molecule has 1 amide bonds. The summed E-state index contributed by atoms with van der Waals surface area (Å²) in [4.78, 5) is 15.5. The lowest BCUT2D eigenvalue weighted by Crippen LogP contribution is -2.36. The van der Waals surface area contributed by atoms with Crippen molar-refractivity contribution in [3.05, 3.63) is 17.1 Å². The Labute approximate surface area is 110 Å². The van der Waals surface area contributed by atoms with Crippen molar-refractivity contribution in [2.75, 3.05) is 12.3 Å². The highest BCUT2D eigenvalue weighted by Crippen LogP contribution is 2.32. The number of aromatic nitrogens is 2. The molecule has 2 rings (SSSR count). The van der Waals surface area contributed by atoms with E-state index in [0.717, 1.165) is 5.39 Å². The molecule has 0 unspecified atom stereocenters. The van der Waals surface area contributed by atoms with Gasteiger partial charge in [0, 0.05) is 18.0 Å². The van der Waals surface area contributed by atoms with E-state index in [1.165, 1.54) is 11.3 Å². The Morgan fingerprint density at radius 1 is 1.56 bits per heavy atom. The molecule has 2 heterocycles. The second-order valence-corrected chi connectivity index (χ2v) is 5.28. The van der Waals surface area contributed by atoms with Crippen LogP contribution in [0.15, 0.2) is 12.3 Å². The maximum Gasteiger partial charge on any atom is 0.266 e. The number of thiophene rings is 1. The van der Waals surface area contributed by atoms with Gasteiger partial charge in [0.1, 0.15) is 9.71 Å². The lowest BCUT2D eigenvalue weighted by molar-refractivity contribution is 0.0723. The van der Waals surface area contributed by atoms with E-state index in [0.29, 0.717) is 21.9 Å². The summed E-state index contributed by atoms with van der Waals surface area (Å²) in [6.07, 6.45) is 1.58. The van der Waals surface area contributed by atoms with Gasteiger partial charge in [-0.1, -0.05) is 0 Å². The number of hydrogen-bond acceptors (Lipinski definition) is 5. The van der Waals surface area contributed by atoms with E-state index in [1.54, 1.807) is 17.2 Å². The van der Waals surface area contributed by atoms with E-state index in [2.05, 4.69) is 10.2 Å². The lowest BCUT2D eigenvalue weighted by Gasteiger charge is -2.24. The first kappa shape index (κ1) is 12.8. The van der Waals surface area contributed by atoms with Crippen LogP contribution in [0.4, 0.5) is 5.69 Å². The van der Waals surface area contributed by atoms with Crippen LogP contribution in [0.3, 0.4) is 0 Å². The molecule has 2 aromatic rings. The van der Waals surface area contributed by atoms with Gasteiger partial charge in [-0.05, 0) is 26.8 Å². The largest absolute Gasteiger partial charge is 0.397 e. The van der Waals surface area contributed by atoms with Gasteiger partial charge in [-0.25, -0.2) is 0 Å². The first-order valence-corrected chi connectivity index (χ1v) is 6.68. The van der Waals surface area contributed by atoms with Crippen molar-refractivity contribution in [3.8, 4) is 0 Å². The van der Waals surface area contributed by atoms with E-state index in [1.807, 2.05) is 20.8 Å². The predicted molar refractivity (Wildman–Crippen MR) is 73.7 cm³/mol. The van der Waals surface area contributed by atoms with Gasteiger partial charge in [-0.3, -0.25) is 4.79 Å². The summed E-state index contributed by atoms with van der Waals surface area (Å²) in [5.41, 5.74) is 6.54. The molecule has 0 saturated carbocycles. The van der Waals surface area contributed by atoms with E-state index >= 15 is 0 Å². The Hall–Kier alpha value is -1.69. The standard InChI is InChI=1S/C12H16N4OS/c1-4-16(7(2)3)12(17)10-9(13)8-5-6-14-15-11(8)18-10/h5-7H,4,13H2,1-3H3. The van der Waals surface area contributed by atoms with Crippen LogP contribution in [0.25, 0.3) is 10.2 Å². The van der Waals surface area contributed by atoms with Gasteiger partial charge in [-0.2, -0.15) is 5.10 Å². The van der Waals surface area contributed by atoms with Gasteiger partial charge in [0.05, 0.1) is 11.9 Å². The molecule has 96 valence electrons. The molecule has 0 saturated heterocycles. The summed E-state index contributed by atoms with van der Waals surface area (Å²) in [6.45, 7) is 6.60. The monoisotopic (exact) mass is 264 g/mol. The molecule has 2 aromatic heterocycles. The van der Waals surface area contributed by atoms with Crippen LogP contribution in [-0.2, 0) is 0 Å². The zero-order valence-corrected chi connectivity index (χ0v) is 11.5. The third kappa shape index (κ3) is 2.03. The molecule has 0 fully saturated rings. The maximum absolute atomic E-state index is 12.4. The van der Waals surface area contributed by atoms with E-state index in [4.69, 9.17) is 5.73 Å². The van der Waals surface area contributed by atoms with Crippen molar-refractivity contribution in [2.45, 2.75) is 26.8 Å². The van der Waals surface area contributed by atoms with Crippen molar-refractivity contribution in [1.82, 2.24) is 15.1 Å². The number of nitrogen functional groups attached to an aromatic ring is 1. The summed E-state index contributed by atoms with van der Waals surface area (Å²) >= 11 is 1.30.